The molecule has 0 radical (unpaired) electrons. The molecule has 0 fully saturated rings. The predicted octanol–water partition coefficient (Wildman–Crippen LogP) is 5.79. The monoisotopic (exact) mass is 360 g/mol. The summed E-state index contributed by atoms with van der Waals surface area (Å²) in [6.45, 7) is 0. The first kappa shape index (κ1) is 16.5. The Bertz CT molecular complexity index is 788. The van der Waals surface area contributed by atoms with Gasteiger partial charge in [-0.2, -0.15) is 0 Å². The first-order chi connectivity index (χ1) is 11.5. The van der Waals surface area contributed by atoms with E-state index >= 15 is 0 Å². The highest BCUT2D eigenvalue weighted by Crippen LogP contribution is 2.30. The molecule has 0 amide bonds. The molecule has 122 valence electrons. The summed E-state index contributed by atoms with van der Waals surface area (Å²) < 4.78 is 5.70. The minimum Gasteiger partial charge on any atom is -0.506 e. The van der Waals surface area contributed by atoms with Crippen LogP contribution in [-0.4, -0.2) is 10.2 Å². The molecule has 0 saturated heterocycles. The fourth-order valence-electron chi connectivity index (χ4n) is 2.26. The summed E-state index contributed by atoms with van der Waals surface area (Å²) in [7, 11) is 0. The van der Waals surface area contributed by atoms with E-state index in [9.17, 15) is 10.2 Å². The first-order valence-electron chi connectivity index (χ1n) is 7.24. The molecule has 3 nitrogen and oxygen atoms in total. The van der Waals surface area contributed by atoms with Crippen molar-refractivity contribution in [2.24, 2.45) is 0 Å². The zero-order valence-electron chi connectivity index (χ0n) is 12.5. The Balaban J connectivity index is 1.70. The number of ether oxygens (including phenoxy) is 1. The molecule has 3 aromatic rings. The van der Waals surface area contributed by atoms with Crippen LogP contribution in [0.4, 0.5) is 0 Å². The number of benzene rings is 3. The summed E-state index contributed by atoms with van der Waals surface area (Å²) >= 11 is 11.8. The van der Waals surface area contributed by atoms with Crippen molar-refractivity contribution in [3.8, 4) is 23.0 Å². The van der Waals surface area contributed by atoms with Crippen LogP contribution in [0, 0.1) is 0 Å². The third-order valence-electron chi connectivity index (χ3n) is 3.50. The Morgan fingerprint density at radius 1 is 0.667 bits per heavy atom. The molecule has 3 aromatic carbocycles. The third-order valence-corrected chi connectivity index (χ3v) is 4.10. The summed E-state index contributed by atoms with van der Waals surface area (Å²) in [6.07, 6.45) is 0.700. The summed E-state index contributed by atoms with van der Waals surface area (Å²) in [4.78, 5) is 0. The highest BCUT2D eigenvalue weighted by Gasteiger charge is 2.04. The van der Waals surface area contributed by atoms with Crippen molar-refractivity contribution >= 4 is 23.2 Å². The van der Waals surface area contributed by atoms with Crippen LogP contribution >= 0.6 is 23.2 Å². The van der Waals surface area contributed by atoms with Crippen LogP contribution < -0.4 is 4.74 Å². The largest absolute Gasteiger partial charge is 0.506 e. The molecule has 0 saturated carbocycles. The van der Waals surface area contributed by atoms with Gasteiger partial charge in [-0.3, -0.25) is 0 Å². The number of hydrogen-bond donors (Lipinski definition) is 2. The van der Waals surface area contributed by atoms with Gasteiger partial charge in [-0.05, 0) is 53.9 Å². The van der Waals surface area contributed by atoms with Crippen molar-refractivity contribution in [2.45, 2.75) is 6.42 Å². The fourth-order valence-corrected chi connectivity index (χ4v) is 2.63. The maximum absolute atomic E-state index is 9.45. The summed E-state index contributed by atoms with van der Waals surface area (Å²) in [5.74, 6) is 1.32. The number of phenolic OH excluding ortho intramolecular Hbond substituents is 2. The highest BCUT2D eigenvalue weighted by atomic mass is 35.5. The smallest absolute Gasteiger partial charge is 0.134 e. The van der Waals surface area contributed by atoms with Crippen molar-refractivity contribution in [1.29, 1.82) is 0 Å². The molecular weight excluding hydrogens is 347 g/mol. The van der Waals surface area contributed by atoms with Crippen molar-refractivity contribution in [2.75, 3.05) is 0 Å². The third kappa shape index (κ3) is 3.94. The van der Waals surface area contributed by atoms with Gasteiger partial charge < -0.3 is 14.9 Å². The lowest BCUT2D eigenvalue weighted by molar-refractivity contribution is 0.464. The van der Waals surface area contributed by atoms with Crippen molar-refractivity contribution in [3.63, 3.8) is 0 Å². The second kappa shape index (κ2) is 7.04. The Hall–Kier alpha value is -2.36. The van der Waals surface area contributed by atoms with Gasteiger partial charge in [0.2, 0.25) is 0 Å². The van der Waals surface area contributed by atoms with Crippen molar-refractivity contribution < 1.29 is 14.9 Å². The van der Waals surface area contributed by atoms with Gasteiger partial charge in [0.05, 0.1) is 10.0 Å². The lowest BCUT2D eigenvalue weighted by Gasteiger charge is -2.08. The number of hydrogen-bond acceptors (Lipinski definition) is 3. The minimum absolute atomic E-state index is 0.0203. The van der Waals surface area contributed by atoms with E-state index in [2.05, 4.69) is 0 Å². The average molecular weight is 361 g/mol. The standard InChI is InChI=1S/C19H14Cl2O3/c20-16-10-13(3-7-18(16)22)9-12-1-4-14(5-2-12)24-15-6-8-19(23)17(21)11-15/h1-8,10-11,22-23H,9H2. The molecule has 0 bridgehead atoms. The van der Waals surface area contributed by atoms with E-state index in [-0.39, 0.29) is 16.5 Å². The van der Waals surface area contributed by atoms with E-state index in [0.29, 0.717) is 22.9 Å². The topological polar surface area (TPSA) is 49.7 Å². The Labute approximate surface area is 149 Å². The SMILES string of the molecule is Oc1ccc(Cc2ccc(Oc3ccc(O)c(Cl)c3)cc2)cc1Cl. The van der Waals surface area contributed by atoms with Crippen LogP contribution in [0.2, 0.25) is 10.0 Å². The highest BCUT2D eigenvalue weighted by molar-refractivity contribution is 6.32. The number of rotatable bonds is 4. The van der Waals surface area contributed by atoms with Crippen LogP contribution in [0.15, 0.2) is 60.7 Å². The first-order valence-corrected chi connectivity index (χ1v) is 7.99. The van der Waals surface area contributed by atoms with Gasteiger partial charge in [-0.1, -0.05) is 41.4 Å². The molecule has 0 aliphatic heterocycles. The molecule has 2 N–H and O–H groups in total. The Morgan fingerprint density at radius 3 is 1.83 bits per heavy atom. The lowest BCUT2D eigenvalue weighted by Crippen LogP contribution is -1.89. The van der Waals surface area contributed by atoms with E-state index in [1.165, 1.54) is 6.07 Å². The van der Waals surface area contributed by atoms with Crippen molar-refractivity contribution in [3.05, 3.63) is 81.8 Å². The number of aromatic hydroxyl groups is 2. The van der Waals surface area contributed by atoms with E-state index in [1.807, 2.05) is 30.3 Å². The average Bonchev–Trinajstić information content (AvgIpc) is 2.56. The molecule has 0 spiro atoms. The minimum atomic E-state index is 0.0203. The van der Waals surface area contributed by atoms with E-state index in [4.69, 9.17) is 27.9 Å². The molecule has 5 heteroatoms. The van der Waals surface area contributed by atoms with E-state index in [1.54, 1.807) is 24.3 Å². The molecule has 3 rings (SSSR count). The summed E-state index contributed by atoms with van der Waals surface area (Å²) in [5.41, 5.74) is 2.10. The van der Waals surface area contributed by atoms with Gasteiger partial charge in [-0.15, -0.1) is 0 Å². The molecule has 0 aliphatic carbocycles. The second-order valence-corrected chi connectivity index (χ2v) is 6.14. The van der Waals surface area contributed by atoms with Crippen LogP contribution in [0.5, 0.6) is 23.0 Å². The number of phenols is 2. The maximum atomic E-state index is 9.45. The summed E-state index contributed by atoms with van der Waals surface area (Å²) in [5, 5.41) is 19.4. The molecule has 0 unspecified atom stereocenters. The van der Waals surface area contributed by atoms with Gasteiger partial charge in [0.25, 0.3) is 0 Å². The van der Waals surface area contributed by atoms with Gasteiger partial charge in [0.1, 0.15) is 23.0 Å². The van der Waals surface area contributed by atoms with E-state index in [0.717, 1.165) is 11.1 Å². The molecule has 24 heavy (non-hydrogen) atoms. The van der Waals surface area contributed by atoms with Crippen LogP contribution in [0.3, 0.4) is 0 Å². The molecule has 0 heterocycles. The lowest BCUT2D eigenvalue weighted by atomic mass is 10.0. The second-order valence-electron chi connectivity index (χ2n) is 5.32. The predicted molar refractivity (Wildman–Crippen MR) is 95.6 cm³/mol. The van der Waals surface area contributed by atoms with Gasteiger partial charge in [0, 0.05) is 6.07 Å². The molecular formula is C19H14Cl2O3. The zero-order chi connectivity index (χ0) is 17.1. The van der Waals surface area contributed by atoms with Gasteiger partial charge >= 0.3 is 0 Å². The normalized spacial score (nSPS) is 10.6. The Morgan fingerprint density at radius 2 is 1.21 bits per heavy atom. The van der Waals surface area contributed by atoms with Crippen molar-refractivity contribution in [1.82, 2.24) is 0 Å². The maximum Gasteiger partial charge on any atom is 0.134 e. The zero-order valence-corrected chi connectivity index (χ0v) is 14.1. The molecule has 0 atom stereocenters. The van der Waals surface area contributed by atoms with Gasteiger partial charge in [-0.25, -0.2) is 0 Å². The molecule has 0 aromatic heterocycles. The van der Waals surface area contributed by atoms with Crippen LogP contribution in [-0.2, 0) is 6.42 Å². The Kier molecular flexibility index (Phi) is 4.84. The van der Waals surface area contributed by atoms with Crippen LogP contribution in [0.1, 0.15) is 11.1 Å². The van der Waals surface area contributed by atoms with E-state index < -0.39 is 0 Å². The fraction of sp³-hybridized carbons (Fsp3) is 0.0526. The molecule has 0 aliphatic rings. The van der Waals surface area contributed by atoms with Gasteiger partial charge in [0.15, 0.2) is 0 Å². The van der Waals surface area contributed by atoms with Crippen LogP contribution in [0.25, 0.3) is 0 Å². The number of halogens is 2. The summed E-state index contributed by atoms with van der Waals surface area (Å²) in [6, 6.07) is 17.5. The quantitative estimate of drug-likeness (QED) is 0.619.